The Morgan fingerprint density at radius 3 is 2.57 bits per heavy atom. The second kappa shape index (κ2) is 7.85. The van der Waals surface area contributed by atoms with E-state index in [0.717, 1.165) is 50.8 Å². The molecule has 0 heterocycles. The van der Waals surface area contributed by atoms with E-state index in [-0.39, 0.29) is 5.56 Å². The molecule has 0 unspecified atom stereocenters. The summed E-state index contributed by atoms with van der Waals surface area (Å²) in [5, 5.41) is 0. The van der Waals surface area contributed by atoms with Crippen molar-refractivity contribution in [2.75, 3.05) is 6.54 Å². The van der Waals surface area contributed by atoms with E-state index in [1.54, 1.807) is 12.1 Å². The maximum atomic E-state index is 12.8. The van der Waals surface area contributed by atoms with Gasteiger partial charge in [-0.2, -0.15) is 0 Å². The smallest absolute Gasteiger partial charge is 0.263 e. The van der Waals surface area contributed by atoms with Gasteiger partial charge in [0.15, 0.2) is 0 Å². The van der Waals surface area contributed by atoms with Crippen LogP contribution in [0.5, 0.6) is 0 Å². The van der Waals surface area contributed by atoms with E-state index in [9.17, 15) is 8.78 Å². The minimum atomic E-state index is -2.39. The van der Waals surface area contributed by atoms with Gasteiger partial charge in [-0.3, -0.25) is 4.90 Å². The second-order valence-corrected chi connectivity index (χ2v) is 6.08. The van der Waals surface area contributed by atoms with Crippen LogP contribution >= 0.6 is 0 Å². The molecule has 2 nitrogen and oxygen atoms in total. The van der Waals surface area contributed by atoms with Crippen LogP contribution in [0.3, 0.4) is 0 Å². The summed E-state index contributed by atoms with van der Waals surface area (Å²) in [6, 6.07) is 7.70. The van der Waals surface area contributed by atoms with Crippen molar-refractivity contribution >= 4 is 0 Å². The molecule has 0 bridgehead atoms. The lowest BCUT2D eigenvalue weighted by atomic mass is 9.90. The Morgan fingerprint density at radius 1 is 1.24 bits per heavy atom. The standard InChI is InChI=1S/C17H26F2N2/c1-2-10-21(16-8-6-15(20)7-9-16)12-13-4-3-5-14(11-13)17(18)19/h3-5,11,15-17H,2,6-10,12,20H2,1H3. The summed E-state index contributed by atoms with van der Waals surface area (Å²) in [5.74, 6) is 0. The lowest BCUT2D eigenvalue weighted by Crippen LogP contribution is -2.40. The van der Waals surface area contributed by atoms with Crippen molar-refractivity contribution < 1.29 is 8.78 Å². The van der Waals surface area contributed by atoms with Gasteiger partial charge in [0.05, 0.1) is 0 Å². The van der Waals surface area contributed by atoms with Crippen molar-refractivity contribution in [3.63, 3.8) is 0 Å². The highest BCUT2D eigenvalue weighted by molar-refractivity contribution is 5.24. The number of nitrogens with zero attached hydrogens (tertiary/aromatic N) is 1. The van der Waals surface area contributed by atoms with Gasteiger partial charge in [-0.25, -0.2) is 8.78 Å². The molecule has 1 aromatic carbocycles. The van der Waals surface area contributed by atoms with Gasteiger partial charge in [0.2, 0.25) is 0 Å². The van der Waals surface area contributed by atoms with Gasteiger partial charge in [-0.1, -0.05) is 25.1 Å². The monoisotopic (exact) mass is 296 g/mol. The van der Waals surface area contributed by atoms with Gasteiger partial charge in [0.1, 0.15) is 0 Å². The molecule has 0 amide bonds. The number of hydrogen-bond donors (Lipinski definition) is 1. The third kappa shape index (κ3) is 4.75. The maximum absolute atomic E-state index is 12.8. The Morgan fingerprint density at radius 2 is 1.95 bits per heavy atom. The molecule has 1 saturated carbocycles. The minimum Gasteiger partial charge on any atom is -0.328 e. The fraction of sp³-hybridized carbons (Fsp3) is 0.647. The average molecular weight is 296 g/mol. The summed E-state index contributed by atoms with van der Waals surface area (Å²) < 4.78 is 25.6. The number of rotatable bonds is 6. The maximum Gasteiger partial charge on any atom is 0.263 e. The summed E-state index contributed by atoms with van der Waals surface area (Å²) in [7, 11) is 0. The summed E-state index contributed by atoms with van der Waals surface area (Å²) in [6.45, 7) is 3.93. The van der Waals surface area contributed by atoms with Crippen molar-refractivity contribution in [3.8, 4) is 0 Å². The van der Waals surface area contributed by atoms with Gasteiger partial charge in [-0.15, -0.1) is 0 Å². The van der Waals surface area contributed by atoms with Crippen LogP contribution in [0.15, 0.2) is 24.3 Å². The molecule has 0 aromatic heterocycles. The van der Waals surface area contributed by atoms with Gasteiger partial charge in [0.25, 0.3) is 6.43 Å². The minimum absolute atomic E-state index is 0.120. The van der Waals surface area contributed by atoms with Crippen LogP contribution in [0.4, 0.5) is 8.78 Å². The van der Waals surface area contributed by atoms with E-state index in [0.29, 0.717) is 12.1 Å². The van der Waals surface area contributed by atoms with Crippen molar-refractivity contribution in [1.82, 2.24) is 4.90 Å². The number of benzene rings is 1. The Hall–Kier alpha value is -1.00. The topological polar surface area (TPSA) is 29.3 Å². The van der Waals surface area contributed by atoms with Crippen LogP contribution in [0.25, 0.3) is 0 Å². The van der Waals surface area contributed by atoms with Crippen LogP contribution in [0, 0.1) is 0 Å². The third-order valence-corrected chi connectivity index (χ3v) is 4.36. The third-order valence-electron chi connectivity index (χ3n) is 4.36. The Kier molecular flexibility index (Phi) is 6.12. The molecule has 0 atom stereocenters. The Balaban J connectivity index is 2.03. The molecule has 1 fully saturated rings. The van der Waals surface area contributed by atoms with E-state index in [2.05, 4.69) is 11.8 Å². The number of nitrogens with two attached hydrogens (primary N) is 1. The number of halogens is 2. The molecule has 0 saturated heterocycles. The molecular weight excluding hydrogens is 270 g/mol. The average Bonchev–Trinajstić information content (AvgIpc) is 2.48. The molecule has 0 aliphatic heterocycles. The predicted molar refractivity (Wildman–Crippen MR) is 82.3 cm³/mol. The Labute approximate surface area is 126 Å². The quantitative estimate of drug-likeness (QED) is 0.856. The van der Waals surface area contributed by atoms with Crippen LogP contribution in [-0.4, -0.2) is 23.5 Å². The first-order chi connectivity index (χ1) is 10.1. The van der Waals surface area contributed by atoms with Gasteiger partial charge < -0.3 is 5.73 Å². The van der Waals surface area contributed by atoms with Crippen LogP contribution in [-0.2, 0) is 6.54 Å². The normalized spacial score (nSPS) is 23.0. The SMILES string of the molecule is CCCN(Cc1cccc(C(F)F)c1)C1CCC(N)CC1. The molecule has 1 aliphatic rings. The summed E-state index contributed by atoms with van der Waals surface area (Å²) in [6.07, 6.45) is 3.07. The van der Waals surface area contributed by atoms with Crippen LogP contribution in [0.2, 0.25) is 0 Å². The lowest BCUT2D eigenvalue weighted by Gasteiger charge is -2.36. The zero-order valence-corrected chi connectivity index (χ0v) is 12.8. The fourth-order valence-corrected chi connectivity index (χ4v) is 3.21. The highest BCUT2D eigenvalue weighted by Crippen LogP contribution is 2.25. The van der Waals surface area contributed by atoms with Crippen LogP contribution < -0.4 is 5.73 Å². The first kappa shape index (κ1) is 16.4. The second-order valence-electron chi connectivity index (χ2n) is 6.08. The lowest BCUT2D eigenvalue weighted by molar-refractivity contribution is 0.140. The van der Waals surface area contributed by atoms with Gasteiger partial charge in [0, 0.05) is 24.2 Å². The molecule has 2 rings (SSSR count). The van der Waals surface area contributed by atoms with Crippen LogP contribution in [0.1, 0.15) is 56.6 Å². The highest BCUT2D eigenvalue weighted by atomic mass is 19.3. The van der Waals surface area contributed by atoms with E-state index in [4.69, 9.17) is 5.73 Å². The first-order valence-corrected chi connectivity index (χ1v) is 7.96. The molecular formula is C17H26F2N2. The summed E-state index contributed by atoms with van der Waals surface area (Å²) in [4.78, 5) is 2.44. The van der Waals surface area contributed by atoms with Gasteiger partial charge >= 0.3 is 0 Å². The molecule has 0 radical (unpaired) electrons. The molecule has 0 spiro atoms. The summed E-state index contributed by atoms with van der Waals surface area (Å²) in [5.41, 5.74) is 7.08. The fourth-order valence-electron chi connectivity index (χ4n) is 3.21. The zero-order chi connectivity index (χ0) is 15.2. The predicted octanol–water partition coefficient (Wildman–Crippen LogP) is 4.11. The summed E-state index contributed by atoms with van der Waals surface area (Å²) >= 11 is 0. The first-order valence-electron chi connectivity index (χ1n) is 7.96. The highest BCUT2D eigenvalue weighted by Gasteiger charge is 2.24. The van der Waals surface area contributed by atoms with E-state index >= 15 is 0 Å². The number of alkyl halides is 2. The largest absolute Gasteiger partial charge is 0.328 e. The molecule has 1 aromatic rings. The van der Waals surface area contributed by atoms with Crippen molar-refractivity contribution in [1.29, 1.82) is 0 Å². The van der Waals surface area contributed by atoms with E-state index in [1.165, 1.54) is 6.07 Å². The zero-order valence-electron chi connectivity index (χ0n) is 12.8. The molecule has 4 heteroatoms. The van der Waals surface area contributed by atoms with E-state index in [1.807, 2.05) is 6.07 Å². The molecule has 118 valence electrons. The Bertz CT molecular complexity index is 429. The van der Waals surface area contributed by atoms with Gasteiger partial charge in [-0.05, 0) is 50.3 Å². The van der Waals surface area contributed by atoms with Crippen molar-refractivity contribution in [3.05, 3.63) is 35.4 Å². The van der Waals surface area contributed by atoms with E-state index < -0.39 is 6.43 Å². The molecule has 1 aliphatic carbocycles. The molecule has 2 N–H and O–H groups in total. The van der Waals surface area contributed by atoms with Crippen molar-refractivity contribution in [2.24, 2.45) is 5.73 Å². The van der Waals surface area contributed by atoms with Crippen molar-refractivity contribution in [2.45, 2.75) is 64.1 Å². The number of hydrogen-bond acceptors (Lipinski definition) is 2. The molecule has 21 heavy (non-hydrogen) atoms.